The van der Waals surface area contributed by atoms with Gasteiger partial charge in [0.1, 0.15) is 5.82 Å². The van der Waals surface area contributed by atoms with E-state index >= 15 is 0 Å². The molecule has 7 heteroatoms. The van der Waals surface area contributed by atoms with Gasteiger partial charge in [-0.1, -0.05) is 54.6 Å². The van der Waals surface area contributed by atoms with E-state index in [-0.39, 0.29) is 0 Å². The third kappa shape index (κ3) is 5.60. The van der Waals surface area contributed by atoms with Crippen LogP contribution < -0.4 is 10.6 Å². The summed E-state index contributed by atoms with van der Waals surface area (Å²) in [5, 5.41) is 11.1. The summed E-state index contributed by atoms with van der Waals surface area (Å²) >= 11 is 0. The Kier molecular flexibility index (Phi) is 6.74. The summed E-state index contributed by atoms with van der Waals surface area (Å²) in [6.45, 7) is 2.81. The van der Waals surface area contributed by atoms with Gasteiger partial charge in [0.2, 0.25) is 0 Å². The van der Waals surface area contributed by atoms with Crippen LogP contribution in [0, 0.1) is 0 Å². The minimum absolute atomic E-state index is 0.592. The lowest BCUT2D eigenvalue weighted by atomic mass is 10.1. The second kappa shape index (κ2) is 10.2. The molecule has 2 aromatic heterocycles. The van der Waals surface area contributed by atoms with Gasteiger partial charge in [-0.3, -0.25) is 9.67 Å². The van der Waals surface area contributed by atoms with Crippen LogP contribution in [0.25, 0.3) is 0 Å². The van der Waals surface area contributed by atoms with E-state index in [1.165, 1.54) is 16.7 Å². The first-order valence-corrected chi connectivity index (χ1v) is 10.3. The van der Waals surface area contributed by atoms with Crippen LogP contribution in [0.5, 0.6) is 0 Å². The van der Waals surface area contributed by atoms with E-state index in [2.05, 4.69) is 78.8 Å². The number of aliphatic imine (C=N–C) groups is 1. The summed E-state index contributed by atoms with van der Waals surface area (Å²) in [6.07, 6.45) is 7.62. The SMILES string of the molecule is CN=C(NCc1ccccc1Cn1cccn1)NCc1nccn1Cc1ccccc1. The number of benzene rings is 2. The molecule has 0 saturated heterocycles. The molecular weight excluding hydrogens is 386 g/mol. The summed E-state index contributed by atoms with van der Waals surface area (Å²) in [5.41, 5.74) is 3.69. The van der Waals surface area contributed by atoms with Gasteiger partial charge in [0.05, 0.1) is 13.1 Å². The number of aromatic nitrogens is 4. The van der Waals surface area contributed by atoms with Crippen LogP contribution in [0.3, 0.4) is 0 Å². The molecule has 4 aromatic rings. The Morgan fingerprint density at radius 2 is 1.61 bits per heavy atom. The Morgan fingerprint density at radius 3 is 2.39 bits per heavy atom. The van der Waals surface area contributed by atoms with Gasteiger partial charge in [-0.15, -0.1) is 0 Å². The molecular formula is C24H27N7. The van der Waals surface area contributed by atoms with Crippen LogP contribution in [-0.2, 0) is 26.2 Å². The highest BCUT2D eigenvalue weighted by Gasteiger charge is 2.07. The number of imidazole rings is 1. The highest BCUT2D eigenvalue weighted by atomic mass is 15.3. The normalized spacial score (nSPS) is 11.5. The maximum Gasteiger partial charge on any atom is 0.191 e. The van der Waals surface area contributed by atoms with Crippen LogP contribution >= 0.6 is 0 Å². The van der Waals surface area contributed by atoms with Crippen molar-refractivity contribution in [2.45, 2.75) is 26.2 Å². The summed E-state index contributed by atoms with van der Waals surface area (Å²) in [6, 6.07) is 20.7. The highest BCUT2D eigenvalue weighted by molar-refractivity contribution is 5.79. The first-order valence-electron chi connectivity index (χ1n) is 10.3. The van der Waals surface area contributed by atoms with E-state index in [1.54, 1.807) is 13.2 Å². The maximum absolute atomic E-state index is 4.50. The summed E-state index contributed by atoms with van der Waals surface area (Å²) < 4.78 is 4.08. The first-order chi connectivity index (χ1) is 15.3. The zero-order valence-electron chi connectivity index (χ0n) is 17.6. The van der Waals surface area contributed by atoms with E-state index in [9.17, 15) is 0 Å². The quantitative estimate of drug-likeness (QED) is 0.344. The van der Waals surface area contributed by atoms with Crippen molar-refractivity contribution in [2.24, 2.45) is 4.99 Å². The van der Waals surface area contributed by atoms with Gasteiger partial charge in [0, 0.05) is 44.9 Å². The molecule has 0 aliphatic rings. The molecule has 2 N–H and O–H groups in total. The average Bonchev–Trinajstić information content (AvgIpc) is 3.48. The zero-order valence-corrected chi connectivity index (χ0v) is 17.6. The first kappa shape index (κ1) is 20.4. The number of guanidine groups is 1. The molecule has 0 atom stereocenters. The van der Waals surface area contributed by atoms with Gasteiger partial charge in [-0.25, -0.2) is 4.98 Å². The number of rotatable bonds is 8. The predicted octanol–water partition coefficient (Wildman–Crippen LogP) is 3.04. The molecule has 7 nitrogen and oxygen atoms in total. The highest BCUT2D eigenvalue weighted by Crippen LogP contribution is 2.10. The Hall–Kier alpha value is -3.87. The Balaban J connectivity index is 1.34. The zero-order chi connectivity index (χ0) is 21.3. The Labute approximate surface area is 182 Å². The van der Waals surface area contributed by atoms with Crippen molar-refractivity contribution in [2.75, 3.05) is 7.05 Å². The second-order valence-electron chi connectivity index (χ2n) is 7.21. The fourth-order valence-electron chi connectivity index (χ4n) is 3.45. The Morgan fingerprint density at radius 1 is 0.839 bits per heavy atom. The van der Waals surface area contributed by atoms with Crippen molar-refractivity contribution >= 4 is 5.96 Å². The van der Waals surface area contributed by atoms with E-state index < -0.39 is 0 Å². The summed E-state index contributed by atoms with van der Waals surface area (Å²) in [7, 11) is 1.78. The minimum Gasteiger partial charge on any atom is -0.352 e. The number of nitrogens with zero attached hydrogens (tertiary/aromatic N) is 5. The van der Waals surface area contributed by atoms with E-state index in [0.29, 0.717) is 13.1 Å². The van der Waals surface area contributed by atoms with E-state index in [4.69, 9.17) is 0 Å². The largest absolute Gasteiger partial charge is 0.352 e. The predicted molar refractivity (Wildman–Crippen MR) is 123 cm³/mol. The van der Waals surface area contributed by atoms with Gasteiger partial charge >= 0.3 is 0 Å². The molecule has 2 heterocycles. The van der Waals surface area contributed by atoms with Crippen molar-refractivity contribution < 1.29 is 0 Å². The molecule has 0 saturated carbocycles. The van der Waals surface area contributed by atoms with Crippen molar-refractivity contribution in [1.82, 2.24) is 30.0 Å². The third-order valence-electron chi connectivity index (χ3n) is 5.09. The van der Waals surface area contributed by atoms with E-state index in [0.717, 1.165) is 24.9 Å². The fraction of sp³-hybridized carbons (Fsp3) is 0.208. The fourth-order valence-corrected chi connectivity index (χ4v) is 3.45. The molecule has 158 valence electrons. The lowest BCUT2D eigenvalue weighted by Crippen LogP contribution is -2.37. The maximum atomic E-state index is 4.50. The van der Waals surface area contributed by atoms with Gasteiger partial charge in [0.15, 0.2) is 5.96 Å². The van der Waals surface area contributed by atoms with Gasteiger partial charge in [-0.2, -0.15) is 5.10 Å². The van der Waals surface area contributed by atoms with Gasteiger partial charge in [-0.05, 0) is 22.8 Å². The molecule has 0 bridgehead atoms. The monoisotopic (exact) mass is 413 g/mol. The molecule has 31 heavy (non-hydrogen) atoms. The molecule has 0 aliphatic heterocycles. The van der Waals surface area contributed by atoms with Crippen LogP contribution in [-0.4, -0.2) is 32.3 Å². The van der Waals surface area contributed by atoms with Crippen molar-refractivity contribution in [3.05, 3.63) is 108 Å². The van der Waals surface area contributed by atoms with Crippen molar-refractivity contribution in [3.63, 3.8) is 0 Å². The van der Waals surface area contributed by atoms with Crippen LogP contribution in [0.1, 0.15) is 22.5 Å². The average molecular weight is 414 g/mol. The van der Waals surface area contributed by atoms with Crippen molar-refractivity contribution in [3.8, 4) is 0 Å². The molecule has 4 rings (SSSR count). The molecule has 0 fully saturated rings. The summed E-state index contributed by atoms with van der Waals surface area (Å²) in [5.74, 6) is 1.70. The molecule has 0 unspecified atom stereocenters. The molecule has 0 aliphatic carbocycles. The standard InChI is InChI=1S/C24H27N7/c1-25-24(27-16-21-10-5-6-11-22(21)19-31-14-7-12-29-31)28-17-23-26-13-15-30(23)18-20-8-3-2-4-9-20/h2-15H,16-19H2,1H3,(H2,25,27,28). The third-order valence-corrected chi connectivity index (χ3v) is 5.09. The van der Waals surface area contributed by atoms with Crippen molar-refractivity contribution in [1.29, 1.82) is 0 Å². The lowest BCUT2D eigenvalue weighted by Gasteiger charge is -2.15. The van der Waals surface area contributed by atoms with Crippen LogP contribution in [0.2, 0.25) is 0 Å². The molecule has 0 radical (unpaired) electrons. The molecule has 0 spiro atoms. The van der Waals surface area contributed by atoms with Gasteiger partial charge in [0.25, 0.3) is 0 Å². The smallest absolute Gasteiger partial charge is 0.191 e. The second-order valence-corrected chi connectivity index (χ2v) is 7.21. The number of hydrogen-bond donors (Lipinski definition) is 2. The topological polar surface area (TPSA) is 72.1 Å². The van der Waals surface area contributed by atoms with Crippen LogP contribution in [0.15, 0.2) is 90.4 Å². The summed E-state index contributed by atoms with van der Waals surface area (Å²) in [4.78, 5) is 8.86. The lowest BCUT2D eigenvalue weighted by molar-refractivity contribution is 0.673. The number of hydrogen-bond acceptors (Lipinski definition) is 3. The number of nitrogens with one attached hydrogen (secondary N) is 2. The minimum atomic E-state index is 0.592. The van der Waals surface area contributed by atoms with Crippen LogP contribution in [0.4, 0.5) is 0 Å². The van der Waals surface area contributed by atoms with Gasteiger partial charge < -0.3 is 15.2 Å². The molecule has 2 aromatic carbocycles. The Bertz CT molecular complexity index is 1100. The molecule has 0 amide bonds. The van der Waals surface area contributed by atoms with E-state index in [1.807, 2.05) is 35.4 Å².